The highest BCUT2D eigenvalue weighted by molar-refractivity contribution is 7.09. The Kier molecular flexibility index (Phi) is 5.48. The molecule has 0 bridgehead atoms. The van der Waals surface area contributed by atoms with Crippen molar-refractivity contribution in [2.75, 3.05) is 25.0 Å². The van der Waals surface area contributed by atoms with E-state index in [1.165, 1.54) is 0 Å². The van der Waals surface area contributed by atoms with Gasteiger partial charge >= 0.3 is 0 Å². The van der Waals surface area contributed by atoms with Crippen molar-refractivity contribution < 1.29 is 9.90 Å². The molecule has 1 fully saturated rings. The minimum atomic E-state index is -0.398. The number of thiazole rings is 1. The predicted molar refractivity (Wildman–Crippen MR) is 96.6 cm³/mol. The Hall–Kier alpha value is -1.92. The van der Waals surface area contributed by atoms with E-state index in [1.54, 1.807) is 16.2 Å². The molecule has 0 spiro atoms. The average molecular weight is 345 g/mol. The summed E-state index contributed by atoms with van der Waals surface area (Å²) in [4.78, 5) is 18.8. The number of amides is 1. The van der Waals surface area contributed by atoms with Crippen LogP contribution in [0.15, 0.2) is 29.6 Å². The van der Waals surface area contributed by atoms with Crippen LogP contribution in [0.25, 0.3) is 0 Å². The molecule has 1 saturated heterocycles. The number of β-amino-alcohol motifs (C(OH)–C–C–N with tert-alkyl or cyclic N) is 1. The normalized spacial score (nSPS) is 17.8. The van der Waals surface area contributed by atoms with Crippen molar-refractivity contribution in [2.24, 2.45) is 0 Å². The SMILES string of the molecule is Cc1nc(CCNc2cccc(C(=O)N3CCC[C@H](O)C3)c2)cs1. The first kappa shape index (κ1) is 16.9. The smallest absolute Gasteiger partial charge is 0.254 e. The highest BCUT2D eigenvalue weighted by Gasteiger charge is 2.23. The summed E-state index contributed by atoms with van der Waals surface area (Å²) in [6, 6.07) is 7.57. The van der Waals surface area contributed by atoms with Crippen molar-refractivity contribution in [1.29, 1.82) is 0 Å². The van der Waals surface area contributed by atoms with E-state index >= 15 is 0 Å². The molecule has 1 amide bonds. The first-order chi connectivity index (χ1) is 11.6. The van der Waals surface area contributed by atoms with Crippen molar-refractivity contribution in [2.45, 2.75) is 32.3 Å². The summed E-state index contributed by atoms with van der Waals surface area (Å²) in [7, 11) is 0. The van der Waals surface area contributed by atoms with E-state index in [2.05, 4.69) is 15.7 Å². The molecule has 0 aliphatic carbocycles. The third-order valence-corrected chi connectivity index (χ3v) is 4.99. The van der Waals surface area contributed by atoms with Crippen molar-refractivity contribution in [3.05, 3.63) is 45.9 Å². The lowest BCUT2D eigenvalue weighted by Gasteiger charge is -2.30. The summed E-state index contributed by atoms with van der Waals surface area (Å²) in [6.45, 7) is 3.94. The first-order valence-electron chi connectivity index (χ1n) is 8.34. The zero-order valence-electron chi connectivity index (χ0n) is 13.9. The second-order valence-corrected chi connectivity index (χ2v) is 7.22. The zero-order chi connectivity index (χ0) is 16.9. The van der Waals surface area contributed by atoms with E-state index in [9.17, 15) is 9.90 Å². The molecule has 6 heteroatoms. The second-order valence-electron chi connectivity index (χ2n) is 6.16. The molecule has 24 heavy (non-hydrogen) atoms. The third-order valence-electron chi connectivity index (χ3n) is 4.17. The van der Waals surface area contributed by atoms with E-state index in [0.717, 1.165) is 48.7 Å². The fraction of sp³-hybridized carbons (Fsp3) is 0.444. The van der Waals surface area contributed by atoms with Crippen LogP contribution in [0, 0.1) is 6.92 Å². The molecule has 2 N–H and O–H groups in total. The maximum absolute atomic E-state index is 12.6. The number of benzene rings is 1. The van der Waals surface area contributed by atoms with Gasteiger partial charge in [0.05, 0.1) is 16.8 Å². The Morgan fingerprint density at radius 3 is 3.12 bits per heavy atom. The Labute approximate surface area is 146 Å². The molecule has 2 heterocycles. The quantitative estimate of drug-likeness (QED) is 0.874. The van der Waals surface area contributed by atoms with Gasteiger partial charge in [-0.15, -0.1) is 11.3 Å². The van der Waals surface area contributed by atoms with Gasteiger partial charge in [-0.2, -0.15) is 0 Å². The topological polar surface area (TPSA) is 65.5 Å². The summed E-state index contributed by atoms with van der Waals surface area (Å²) in [6.07, 6.45) is 2.10. The number of hydrogen-bond acceptors (Lipinski definition) is 5. The number of carbonyl (C=O) groups excluding carboxylic acids is 1. The molecule has 3 rings (SSSR count). The number of aliphatic hydroxyl groups is 1. The van der Waals surface area contributed by atoms with Crippen LogP contribution in [0.2, 0.25) is 0 Å². The molecular weight excluding hydrogens is 322 g/mol. The second kappa shape index (κ2) is 7.77. The molecule has 1 atom stereocenters. The third kappa shape index (κ3) is 4.33. The highest BCUT2D eigenvalue weighted by Crippen LogP contribution is 2.17. The van der Waals surface area contributed by atoms with Crippen molar-refractivity contribution in [1.82, 2.24) is 9.88 Å². The van der Waals surface area contributed by atoms with Crippen molar-refractivity contribution >= 4 is 22.9 Å². The molecular formula is C18H23N3O2S. The van der Waals surface area contributed by atoms with Crippen LogP contribution in [0.1, 0.15) is 33.9 Å². The number of hydrogen-bond donors (Lipinski definition) is 2. The van der Waals surface area contributed by atoms with Crippen LogP contribution in [0.5, 0.6) is 0 Å². The first-order valence-corrected chi connectivity index (χ1v) is 9.22. The number of piperidine rings is 1. The van der Waals surface area contributed by atoms with Crippen LogP contribution >= 0.6 is 11.3 Å². The van der Waals surface area contributed by atoms with E-state index in [1.807, 2.05) is 31.2 Å². The van der Waals surface area contributed by atoms with Gasteiger partial charge in [0.25, 0.3) is 5.91 Å². The van der Waals surface area contributed by atoms with E-state index < -0.39 is 6.10 Å². The van der Waals surface area contributed by atoms with E-state index in [0.29, 0.717) is 12.1 Å². The summed E-state index contributed by atoms with van der Waals surface area (Å²) in [5, 5.41) is 16.3. The lowest BCUT2D eigenvalue weighted by atomic mass is 10.1. The highest BCUT2D eigenvalue weighted by atomic mass is 32.1. The lowest BCUT2D eigenvalue weighted by molar-refractivity contribution is 0.0474. The number of carbonyl (C=O) groups is 1. The fourth-order valence-electron chi connectivity index (χ4n) is 2.94. The number of likely N-dealkylation sites (tertiary alicyclic amines) is 1. The predicted octanol–water partition coefficient (Wildman–Crippen LogP) is 2.70. The van der Waals surface area contributed by atoms with Gasteiger partial charge in [-0.3, -0.25) is 4.79 Å². The largest absolute Gasteiger partial charge is 0.391 e. The maximum Gasteiger partial charge on any atom is 0.254 e. The van der Waals surface area contributed by atoms with Gasteiger partial charge in [-0.25, -0.2) is 4.98 Å². The van der Waals surface area contributed by atoms with Crippen LogP contribution in [0.3, 0.4) is 0 Å². The molecule has 1 aromatic heterocycles. The molecule has 1 aliphatic rings. The summed E-state index contributed by atoms with van der Waals surface area (Å²) >= 11 is 1.66. The van der Waals surface area contributed by atoms with Crippen molar-refractivity contribution in [3.8, 4) is 0 Å². The Morgan fingerprint density at radius 1 is 1.50 bits per heavy atom. The minimum absolute atomic E-state index is 0.00692. The summed E-state index contributed by atoms with van der Waals surface area (Å²) < 4.78 is 0. The molecule has 128 valence electrons. The summed E-state index contributed by atoms with van der Waals surface area (Å²) in [5.74, 6) is -0.00692. The number of nitrogens with one attached hydrogen (secondary N) is 1. The Bertz CT molecular complexity index is 701. The summed E-state index contributed by atoms with van der Waals surface area (Å²) in [5.41, 5.74) is 2.70. The fourth-order valence-corrected chi connectivity index (χ4v) is 3.59. The van der Waals surface area contributed by atoms with Gasteiger partial charge in [0, 0.05) is 42.7 Å². The van der Waals surface area contributed by atoms with Gasteiger partial charge in [-0.05, 0) is 38.0 Å². The molecule has 5 nitrogen and oxygen atoms in total. The molecule has 0 unspecified atom stereocenters. The number of aliphatic hydroxyl groups excluding tert-OH is 1. The van der Waals surface area contributed by atoms with Crippen LogP contribution < -0.4 is 5.32 Å². The molecule has 1 aromatic carbocycles. The number of aryl methyl sites for hydroxylation is 1. The Balaban J connectivity index is 1.58. The van der Waals surface area contributed by atoms with Gasteiger partial charge in [0.15, 0.2) is 0 Å². The lowest BCUT2D eigenvalue weighted by Crippen LogP contribution is -2.42. The van der Waals surface area contributed by atoms with Gasteiger partial charge in [0.1, 0.15) is 0 Å². The van der Waals surface area contributed by atoms with E-state index in [4.69, 9.17) is 0 Å². The molecule has 0 radical (unpaired) electrons. The van der Waals surface area contributed by atoms with Gasteiger partial charge < -0.3 is 15.3 Å². The number of rotatable bonds is 5. The molecule has 2 aromatic rings. The number of aromatic nitrogens is 1. The average Bonchev–Trinajstić information content (AvgIpc) is 3.00. The van der Waals surface area contributed by atoms with Crippen LogP contribution in [0.4, 0.5) is 5.69 Å². The van der Waals surface area contributed by atoms with Crippen LogP contribution in [-0.4, -0.2) is 46.6 Å². The Morgan fingerprint density at radius 2 is 2.38 bits per heavy atom. The van der Waals surface area contributed by atoms with Crippen LogP contribution in [-0.2, 0) is 6.42 Å². The molecule has 1 aliphatic heterocycles. The molecule has 0 saturated carbocycles. The maximum atomic E-state index is 12.6. The van der Waals surface area contributed by atoms with E-state index in [-0.39, 0.29) is 5.91 Å². The number of anilines is 1. The van der Waals surface area contributed by atoms with Gasteiger partial charge in [-0.1, -0.05) is 6.07 Å². The van der Waals surface area contributed by atoms with Gasteiger partial charge in [0.2, 0.25) is 0 Å². The minimum Gasteiger partial charge on any atom is -0.391 e. The monoisotopic (exact) mass is 345 g/mol. The zero-order valence-corrected chi connectivity index (χ0v) is 14.7. The standard InChI is InChI=1S/C18H23N3O2S/c1-13-20-16(12-24-13)7-8-19-15-5-2-4-14(10-15)18(23)21-9-3-6-17(22)11-21/h2,4-5,10,12,17,19,22H,3,6-9,11H2,1H3/t17-/m0/s1. The number of nitrogens with zero attached hydrogens (tertiary/aromatic N) is 2. The van der Waals surface area contributed by atoms with Crippen molar-refractivity contribution in [3.63, 3.8) is 0 Å².